The summed E-state index contributed by atoms with van der Waals surface area (Å²) in [4.78, 5) is 16.8. The van der Waals surface area contributed by atoms with Gasteiger partial charge in [-0.1, -0.05) is 24.3 Å². The molecule has 4 rings (SSSR count). The number of amides is 1. The molecule has 1 amide bonds. The molecule has 10 heteroatoms. The zero-order chi connectivity index (χ0) is 23.8. The highest BCUT2D eigenvalue weighted by Crippen LogP contribution is 2.50. The van der Waals surface area contributed by atoms with Gasteiger partial charge in [0.2, 0.25) is 5.88 Å². The van der Waals surface area contributed by atoms with Gasteiger partial charge in [-0.2, -0.15) is 8.78 Å². The number of halogens is 3. The molecule has 176 valence electrons. The van der Waals surface area contributed by atoms with Gasteiger partial charge in [0.25, 0.3) is 11.8 Å². The van der Waals surface area contributed by atoms with Crippen molar-refractivity contribution in [3.05, 3.63) is 65.0 Å². The first kappa shape index (κ1) is 23.3. The molecule has 1 atom stereocenters. The first-order valence-electron chi connectivity index (χ1n) is 10.6. The maximum Gasteiger partial charge on any atom is 0.295 e. The standard InChI is InChI=1S/C23H23F3N2O4S/c1-33(30,31)12-11-19(14-7-8-14)27-21(29)17-13-18(24)20(23(25,26)15-9-10-15)28-22(17)32-16-5-3-2-4-6-16/h2-6,11-15,19H,7-10H2,1H3,(H,27,29). The third-order valence-electron chi connectivity index (χ3n) is 5.51. The van der Waals surface area contributed by atoms with Crippen molar-refractivity contribution in [2.75, 3.05) is 6.26 Å². The number of nitrogens with zero attached hydrogens (tertiary/aromatic N) is 1. The quantitative estimate of drug-likeness (QED) is 0.568. The minimum atomic E-state index is -3.48. The zero-order valence-electron chi connectivity index (χ0n) is 17.8. The van der Waals surface area contributed by atoms with E-state index in [1.807, 2.05) is 0 Å². The summed E-state index contributed by atoms with van der Waals surface area (Å²) in [5.74, 6) is -6.76. The van der Waals surface area contributed by atoms with Crippen LogP contribution in [-0.4, -0.2) is 31.6 Å². The molecule has 6 nitrogen and oxygen atoms in total. The molecule has 0 radical (unpaired) electrons. The lowest BCUT2D eigenvalue weighted by atomic mass is 10.1. The molecule has 0 bridgehead atoms. The summed E-state index contributed by atoms with van der Waals surface area (Å²) >= 11 is 0. The summed E-state index contributed by atoms with van der Waals surface area (Å²) in [6, 6.07) is 8.21. The Morgan fingerprint density at radius 1 is 1.21 bits per heavy atom. The molecule has 1 aromatic carbocycles. The Balaban J connectivity index is 1.68. The average molecular weight is 481 g/mol. The number of hydrogen-bond donors (Lipinski definition) is 1. The van der Waals surface area contributed by atoms with Gasteiger partial charge in [-0.25, -0.2) is 17.8 Å². The lowest BCUT2D eigenvalue weighted by Crippen LogP contribution is -2.35. The summed E-state index contributed by atoms with van der Waals surface area (Å²) in [7, 11) is -3.42. The Labute approximate surface area is 189 Å². The van der Waals surface area contributed by atoms with Crippen LogP contribution < -0.4 is 10.1 Å². The zero-order valence-corrected chi connectivity index (χ0v) is 18.6. The summed E-state index contributed by atoms with van der Waals surface area (Å²) in [5.41, 5.74) is -1.41. The second-order valence-electron chi connectivity index (χ2n) is 8.48. The van der Waals surface area contributed by atoms with Crippen molar-refractivity contribution >= 4 is 15.7 Å². The number of benzene rings is 1. The Bertz CT molecular complexity index is 1180. The van der Waals surface area contributed by atoms with E-state index in [9.17, 15) is 26.4 Å². The number of carbonyl (C=O) groups is 1. The summed E-state index contributed by atoms with van der Waals surface area (Å²) < 4.78 is 72.6. The van der Waals surface area contributed by atoms with Gasteiger partial charge in [-0.15, -0.1) is 0 Å². The van der Waals surface area contributed by atoms with Gasteiger partial charge >= 0.3 is 0 Å². The first-order valence-corrected chi connectivity index (χ1v) is 12.5. The van der Waals surface area contributed by atoms with Crippen molar-refractivity contribution in [1.29, 1.82) is 0 Å². The molecule has 2 aliphatic rings. The smallest absolute Gasteiger partial charge is 0.295 e. The molecule has 33 heavy (non-hydrogen) atoms. The van der Waals surface area contributed by atoms with Crippen molar-refractivity contribution in [3.63, 3.8) is 0 Å². The van der Waals surface area contributed by atoms with Gasteiger partial charge in [0.15, 0.2) is 15.7 Å². The second-order valence-corrected chi connectivity index (χ2v) is 10.4. The summed E-state index contributed by atoms with van der Waals surface area (Å²) in [5, 5.41) is 3.65. The number of sulfone groups is 1. The van der Waals surface area contributed by atoms with Crippen molar-refractivity contribution in [1.82, 2.24) is 10.3 Å². The number of carbonyl (C=O) groups excluding carboxylic acids is 1. The number of para-hydroxylation sites is 1. The molecule has 0 saturated heterocycles. The molecule has 1 aromatic heterocycles. The fourth-order valence-corrected chi connectivity index (χ4v) is 3.88. The van der Waals surface area contributed by atoms with Crippen LogP contribution in [0.2, 0.25) is 0 Å². The van der Waals surface area contributed by atoms with E-state index in [2.05, 4.69) is 10.3 Å². The number of rotatable bonds is 9. The Hall–Kier alpha value is -2.88. The number of nitrogens with one attached hydrogen (secondary N) is 1. The summed E-state index contributed by atoms with van der Waals surface area (Å²) in [6.45, 7) is 0. The van der Waals surface area contributed by atoms with Gasteiger partial charge in [-0.05, 0) is 49.8 Å². The van der Waals surface area contributed by atoms with Crippen molar-refractivity contribution in [3.8, 4) is 11.6 Å². The molecule has 1 heterocycles. The first-order chi connectivity index (χ1) is 15.5. The molecule has 2 aromatic rings. The number of hydrogen-bond acceptors (Lipinski definition) is 5. The van der Waals surface area contributed by atoms with Gasteiger partial charge in [0.1, 0.15) is 17.0 Å². The SMILES string of the molecule is CS(=O)(=O)C=CC(NC(=O)c1cc(F)c(C(F)(F)C2CC2)nc1Oc1ccccc1)C1CC1. The second kappa shape index (κ2) is 8.81. The fourth-order valence-electron chi connectivity index (χ4n) is 3.42. The minimum absolute atomic E-state index is 0.0294. The fraction of sp³-hybridized carbons (Fsp3) is 0.391. The van der Waals surface area contributed by atoms with Crippen molar-refractivity contribution in [2.24, 2.45) is 11.8 Å². The molecule has 2 fully saturated rings. The van der Waals surface area contributed by atoms with Gasteiger partial charge in [0.05, 0.1) is 6.04 Å². The van der Waals surface area contributed by atoms with Crippen LogP contribution in [0.4, 0.5) is 13.2 Å². The third kappa shape index (κ3) is 5.73. The van der Waals surface area contributed by atoms with E-state index in [0.29, 0.717) is 6.07 Å². The molecular weight excluding hydrogens is 457 g/mol. The Kier molecular flexibility index (Phi) is 6.22. The highest BCUT2D eigenvalue weighted by atomic mass is 32.2. The number of pyridine rings is 1. The lowest BCUT2D eigenvalue weighted by Gasteiger charge is -2.20. The van der Waals surface area contributed by atoms with Gasteiger partial charge < -0.3 is 10.1 Å². The molecule has 2 aliphatic carbocycles. The highest BCUT2D eigenvalue weighted by molar-refractivity contribution is 7.93. The average Bonchev–Trinajstić information content (AvgIpc) is 3.63. The maximum atomic E-state index is 14.8. The van der Waals surface area contributed by atoms with Crippen molar-refractivity contribution < 1.29 is 31.1 Å². The minimum Gasteiger partial charge on any atom is -0.438 e. The monoisotopic (exact) mass is 480 g/mol. The normalized spacial score (nSPS) is 17.7. The topological polar surface area (TPSA) is 85.4 Å². The van der Waals surface area contributed by atoms with E-state index in [1.54, 1.807) is 30.3 Å². The molecule has 2 saturated carbocycles. The lowest BCUT2D eigenvalue weighted by molar-refractivity contribution is -0.0367. The molecule has 1 N–H and O–H groups in total. The Morgan fingerprint density at radius 2 is 1.88 bits per heavy atom. The van der Waals surface area contributed by atoms with E-state index >= 15 is 0 Å². The largest absolute Gasteiger partial charge is 0.438 e. The van der Waals surface area contributed by atoms with Crippen molar-refractivity contribution in [2.45, 2.75) is 37.6 Å². The summed E-state index contributed by atoms with van der Waals surface area (Å²) in [6.07, 6.45) is 4.49. The van der Waals surface area contributed by atoms with Crippen LogP contribution in [0.25, 0.3) is 0 Å². The van der Waals surface area contributed by atoms with E-state index in [1.165, 1.54) is 6.08 Å². The van der Waals surface area contributed by atoms with Gasteiger partial charge in [-0.3, -0.25) is 4.79 Å². The predicted octanol–water partition coefficient (Wildman–Crippen LogP) is 4.58. The molecule has 0 aliphatic heterocycles. The maximum absolute atomic E-state index is 14.8. The van der Waals surface area contributed by atoms with Gasteiger partial charge in [0, 0.05) is 17.6 Å². The van der Waals surface area contributed by atoms with Crippen LogP contribution in [-0.2, 0) is 15.8 Å². The highest BCUT2D eigenvalue weighted by Gasteiger charge is 2.51. The van der Waals surface area contributed by atoms with Crippen LogP contribution in [0.3, 0.4) is 0 Å². The molecule has 0 spiro atoms. The van der Waals surface area contributed by atoms with E-state index in [-0.39, 0.29) is 30.1 Å². The van der Waals surface area contributed by atoms with E-state index in [0.717, 1.165) is 24.5 Å². The number of alkyl halides is 2. The predicted molar refractivity (Wildman–Crippen MR) is 115 cm³/mol. The van der Waals surface area contributed by atoms with Crippen LogP contribution in [0.15, 0.2) is 47.9 Å². The van der Waals surface area contributed by atoms with E-state index < -0.39 is 51.0 Å². The molecule has 1 unspecified atom stereocenters. The van der Waals surface area contributed by atoms with Crippen LogP contribution in [0, 0.1) is 17.7 Å². The van der Waals surface area contributed by atoms with Crippen LogP contribution in [0.1, 0.15) is 41.7 Å². The Morgan fingerprint density at radius 3 is 2.45 bits per heavy atom. The van der Waals surface area contributed by atoms with Crippen LogP contribution in [0.5, 0.6) is 11.6 Å². The van der Waals surface area contributed by atoms with E-state index in [4.69, 9.17) is 4.74 Å². The number of aromatic nitrogens is 1. The van der Waals surface area contributed by atoms with Crippen LogP contribution >= 0.6 is 0 Å². The molecular formula is C23H23F3N2O4S. The number of ether oxygens (including phenoxy) is 1. The third-order valence-corrected chi connectivity index (χ3v) is 6.16.